The van der Waals surface area contributed by atoms with E-state index in [0.29, 0.717) is 24.0 Å². The first kappa shape index (κ1) is 21.2. The summed E-state index contributed by atoms with van der Waals surface area (Å²) in [5.74, 6) is 0.940. The Kier molecular flexibility index (Phi) is 6.80. The second-order valence-corrected chi connectivity index (χ2v) is 8.23. The summed E-state index contributed by atoms with van der Waals surface area (Å²) in [6, 6.07) is 11.8. The van der Waals surface area contributed by atoms with Crippen molar-refractivity contribution in [2.24, 2.45) is 16.6 Å². The molecule has 1 aromatic heterocycles. The van der Waals surface area contributed by atoms with Crippen LogP contribution in [-0.4, -0.2) is 35.3 Å². The first-order valence-corrected chi connectivity index (χ1v) is 10.4. The fourth-order valence-electron chi connectivity index (χ4n) is 4.18. The first-order valence-electron chi connectivity index (χ1n) is 10.4. The van der Waals surface area contributed by atoms with Crippen LogP contribution in [-0.2, 0) is 4.74 Å². The van der Waals surface area contributed by atoms with Crippen LogP contribution in [0.2, 0.25) is 0 Å². The van der Waals surface area contributed by atoms with E-state index < -0.39 is 0 Å². The number of nitrogens with two attached hydrogens (primary N) is 1. The summed E-state index contributed by atoms with van der Waals surface area (Å²) in [5.41, 5.74) is 10.6. The van der Waals surface area contributed by atoms with Gasteiger partial charge in [0, 0.05) is 41.2 Å². The average molecular weight is 393 g/mol. The molecule has 0 aliphatic carbocycles. The molecule has 0 saturated carbocycles. The maximum absolute atomic E-state index is 8.81. The number of nitrogens with zero attached hydrogens (tertiary/aromatic N) is 2. The fourth-order valence-corrected chi connectivity index (χ4v) is 4.18. The van der Waals surface area contributed by atoms with Crippen LogP contribution in [0.5, 0.6) is 0 Å². The topological polar surface area (TPSA) is 84.4 Å². The second-order valence-electron chi connectivity index (χ2n) is 8.23. The molecule has 1 aliphatic heterocycles. The Morgan fingerprint density at radius 3 is 2.52 bits per heavy atom. The van der Waals surface area contributed by atoms with Crippen molar-refractivity contribution in [3.05, 3.63) is 65.0 Å². The summed E-state index contributed by atoms with van der Waals surface area (Å²) in [6.45, 7) is 8.95. The number of ether oxygens (including phenoxy) is 1. The van der Waals surface area contributed by atoms with Crippen LogP contribution in [0.3, 0.4) is 0 Å². The van der Waals surface area contributed by atoms with Gasteiger partial charge in [-0.3, -0.25) is 9.98 Å². The minimum Gasteiger partial charge on any atom is -0.383 e. The molecule has 3 unspecified atom stereocenters. The highest BCUT2D eigenvalue weighted by Gasteiger charge is 2.24. The minimum absolute atomic E-state index is 0.0529. The van der Waals surface area contributed by atoms with Crippen molar-refractivity contribution in [3.63, 3.8) is 0 Å². The number of hydrogen-bond donors (Lipinski definition) is 2. The number of aromatic nitrogens is 1. The highest BCUT2D eigenvalue weighted by molar-refractivity contribution is 6.12. The van der Waals surface area contributed by atoms with Crippen LogP contribution in [0.4, 0.5) is 0 Å². The molecule has 5 heteroatoms. The number of amidine groups is 1. The Morgan fingerprint density at radius 2 is 1.86 bits per heavy atom. The van der Waals surface area contributed by atoms with Crippen molar-refractivity contribution < 1.29 is 4.74 Å². The number of pyridine rings is 1. The number of aryl methyl sites for hydroxylation is 1. The largest absolute Gasteiger partial charge is 0.383 e. The average Bonchev–Trinajstić information content (AvgIpc) is 2.70. The standard InChI is InChI=1S/C24H32N4O/c1-15-11-20(9-10-27-15)18(4)23(25)21-7-5-6-8-22(21)24(26)28-14-19-12-16(2)29-17(3)13-19/h5-11,16-19,25H,12-14H2,1-4H3,(H2,26,28). The fraction of sp³-hybridized carbons (Fsp3) is 0.458. The van der Waals surface area contributed by atoms with Crippen LogP contribution in [0.25, 0.3) is 0 Å². The van der Waals surface area contributed by atoms with Gasteiger partial charge in [-0.1, -0.05) is 31.2 Å². The number of nitrogens with one attached hydrogen (secondary N) is 1. The van der Waals surface area contributed by atoms with Gasteiger partial charge in [-0.05, 0) is 57.2 Å². The highest BCUT2D eigenvalue weighted by Crippen LogP contribution is 2.26. The molecular formula is C24H32N4O. The third kappa shape index (κ3) is 5.30. The lowest BCUT2D eigenvalue weighted by molar-refractivity contribution is -0.0501. The summed E-state index contributed by atoms with van der Waals surface area (Å²) in [5, 5.41) is 8.81. The number of aliphatic imine (C=N–C) groups is 1. The zero-order valence-corrected chi connectivity index (χ0v) is 17.9. The predicted octanol–water partition coefficient (Wildman–Crippen LogP) is 4.47. The molecule has 0 radical (unpaired) electrons. The number of rotatable bonds is 6. The van der Waals surface area contributed by atoms with Gasteiger partial charge in [0.15, 0.2) is 0 Å². The molecule has 0 amide bonds. The van der Waals surface area contributed by atoms with Gasteiger partial charge >= 0.3 is 0 Å². The molecule has 1 fully saturated rings. The maximum atomic E-state index is 8.81. The van der Waals surface area contributed by atoms with E-state index in [1.165, 1.54) is 0 Å². The SMILES string of the molecule is Cc1cc(C(C)C(=N)c2ccccc2C(N)=NCC2CC(C)OC(C)C2)ccn1. The van der Waals surface area contributed by atoms with Crippen molar-refractivity contribution in [3.8, 4) is 0 Å². The smallest absolute Gasteiger partial charge is 0.126 e. The molecule has 2 aromatic rings. The van der Waals surface area contributed by atoms with E-state index in [4.69, 9.17) is 20.9 Å². The zero-order chi connectivity index (χ0) is 21.0. The molecule has 3 N–H and O–H groups in total. The van der Waals surface area contributed by atoms with Gasteiger partial charge in [-0.2, -0.15) is 0 Å². The van der Waals surface area contributed by atoms with Gasteiger partial charge in [-0.15, -0.1) is 0 Å². The molecule has 1 saturated heterocycles. The van der Waals surface area contributed by atoms with Crippen LogP contribution in [0.1, 0.15) is 61.9 Å². The Bertz CT molecular complexity index is 882. The van der Waals surface area contributed by atoms with E-state index in [1.54, 1.807) is 6.20 Å². The summed E-state index contributed by atoms with van der Waals surface area (Å²) < 4.78 is 5.82. The van der Waals surface area contributed by atoms with Gasteiger partial charge in [-0.25, -0.2) is 0 Å². The predicted molar refractivity (Wildman–Crippen MR) is 119 cm³/mol. The Balaban J connectivity index is 1.79. The lowest BCUT2D eigenvalue weighted by Crippen LogP contribution is -2.31. The molecule has 29 heavy (non-hydrogen) atoms. The number of benzene rings is 1. The monoisotopic (exact) mass is 392 g/mol. The van der Waals surface area contributed by atoms with Gasteiger partial charge in [0.1, 0.15) is 5.84 Å². The third-order valence-corrected chi connectivity index (χ3v) is 5.66. The Morgan fingerprint density at radius 1 is 1.21 bits per heavy atom. The molecular weight excluding hydrogens is 360 g/mol. The lowest BCUT2D eigenvalue weighted by atomic mass is 9.89. The second kappa shape index (κ2) is 9.31. The zero-order valence-electron chi connectivity index (χ0n) is 17.9. The summed E-state index contributed by atoms with van der Waals surface area (Å²) in [6.07, 6.45) is 4.36. The Labute approximate surface area is 173 Å². The van der Waals surface area contributed by atoms with E-state index >= 15 is 0 Å². The van der Waals surface area contributed by atoms with Crippen molar-refractivity contribution in [2.45, 2.75) is 58.7 Å². The van der Waals surface area contributed by atoms with Crippen LogP contribution >= 0.6 is 0 Å². The van der Waals surface area contributed by atoms with Crippen LogP contribution < -0.4 is 5.73 Å². The quantitative estimate of drug-likeness (QED) is 0.562. The highest BCUT2D eigenvalue weighted by atomic mass is 16.5. The molecule has 0 spiro atoms. The van der Waals surface area contributed by atoms with Gasteiger partial charge in [0.2, 0.25) is 0 Å². The molecule has 1 aliphatic rings. The van der Waals surface area contributed by atoms with Crippen LogP contribution in [0.15, 0.2) is 47.6 Å². The van der Waals surface area contributed by atoms with Gasteiger partial charge in [0.25, 0.3) is 0 Å². The van der Waals surface area contributed by atoms with Crippen molar-refractivity contribution in [2.75, 3.05) is 6.54 Å². The molecule has 5 nitrogen and oxygen atoms in total. The molecule has 3 rings (SSSR count). The summed E-state index contributed by atoms with van der Waals surface area (Å²) >= 11 is 0. The van der Waals surface area contributed by atoms with E-state index in [0.717, 1.165) is 35.2 Å². The summed E-state index contributed by atoms with van der Waals surface area (Å²) in [4.78, 5) is 8.97. The van der Waals surface area contributed by atoms with Crippen molar-refractivity contribution in [1.29, 1.82) is 5.41 Å². The minimum atomic E-state index is -0.0529. The summed E-state index contributed by atoms with van der Waals surface area (Å²) in [7, 11) is 0. The van der Waals surface area contributed by atoms with E-state index in [-0.39, 0.29) is 18.1 Å². The van der Waals surface area contributed by atoms with Crippen molar-refractivity contribution in [1.82, 2.24) is 4.98 Å². The molecule has 3 atom stereocenters. The van der Waals surface area contributed by atoms with Gasteiger partial charge in [0.05, 0.1) is 12.2 Å². The van der Waals surface area contributed by atoms with Crippen LogP contribution in [0, 0.1) is 18.3 Å². The maximum Gasteiger partial charge on any atom is 0.126 e. The normalized spacial score (nSPS) is 23.6. The van der Waals surface area contributed by atoms with E-state index in [9.17, 15) is 0 Å². The van der Waals surface area contributed by atoms with E-state index in [2.05, 4.69) is 18.8 Å². The first-order chi connectivity index (χ1) is 13.8. The van der Waals surface area contributed by atoms with Crippen molar-refractivity contribution >= 4 is 11.5 Å². The third-order valence-electron chi connectivity index (χ3n) is 5.66. The molecule has 2 heterocycles. The Hall–Kier alpha value is -2.53. The number of hydrogen-bond acceptors (Lipinski definition) is 4. The lowest BCUT2D eigenvalue weighted by Gasteiger charge is -2.31. The molecule has 154 valence electrons. The van der Waals surface area contributed by atoms with E-state index in [1.807, 2.05) is 50.2 Å². The molecule has 0 bridgehead atoms. The van der Waals surface area contributed by atoms with Gasteiger partial charge < -0.3 is 15.9 Å². The molecule has 1 aromatic carbocycles.